The molecule has 3 rings (SSSR count). The predicted octanol–water partition coefficient (Wildman–Crippen LogP) is 3.78. The van der Waals surface area contributed by atoms with E-state index in [0.717, 1.165) is 22.3 Å². The quantitative estimate of drug-likeness (QED) is 0.805. The minimum absolute atomic E-state index is 0.276. The second-order valence-corrected chi connectivity index (χ2v) is 4.78. The lowest BCUT2D eigenvalue weighted by molar-refractivity contribution is -0.128. The molecule has 0 saturated carbocycles. The molecular formula is C17H17NO3. The molecule has 1 aliphatic rings. The molecule has 0 fully saturated rings. The minimum atomic E-state index is -0.475. The van der Waals surface area contributed by atoms with Crippen molar-refractivity contribution in [2.45, 2.75) is 13.0 Å². The number of ether oxygens (including phenoxy) is 1. The first-order chi connectivity index (χ1) is 10.3. The molecule has 0 spiro atoms. The van der Waals surface area contributed by atoms with Crippen molar-refractivity contribution in [2.24, 2.45) is 0 Å². The third-order valence-corrected chi connectivity index (χ3v) is 3.68. The lowest BCUT2D eigenvalue weighted by Crippen LogP contribution is -2.34. The molecular weight excluding hydrogens is 266 g/mol. The summed E-state index contributed by atoms with van der Waals surface area (Å²) < 4.78 is 5.10. The van der Waals surface area contributed by atoms with E-state index in [9.17, 15) is 4.79 Å². The second-order valence-electron chi connectivity index (χ2n) is 4.78. The van der Waals surface area contributed by atoms with Gasteiger partial charge in [0, 0.05) is 0 Å². The van der Waals surface area contributed by atoms with Crippen LogP contribution in [-0.2, 0) is 9.57 Å². The molecule has 0 saturated heterocycles. The maximum atomic E-state index is 12.2. The fourth-order valence-corrected chi connectivity index (χ4v) is 2.85. The maximum Gasteiger partial charge on any atom is 0.434 e. The van der Waals surface area contributed by atoms with Crippen LogP contribution in [0.15, 0.2) is 48.5 Å². The molecule has 2 aromatic carbocycles. The van der Waals surface area contributed by atoms with Crippen molar-refractivity contribution in [1.29, 1.82) is 0 Å². The molecule has 2 aromatic rings. The van der Waals surface area contributed by atoms with Gasteiger partial charge >= 0.3 is 6.09 Å². The number of fused-ring (bicyclic) bond motifs is 3. The summed E-state index contributed by atoms with van der Waals surface area (Å²) in [6, 6.07) is 15.8. The standard InChI is InChI=1S/C17H17NO3/c1-3-21-17(19)18(20-2)16-14-10-6-4-8-12(14)13-9-5-7-11-15(13)16/h4-11,16H,3H2,1-2H3. The highest BCUT2D eigenvalue weighted by Gasteiger charge is 2.36. The molecule has 1 aliphatic carbocycles. The van der Waals surface area contributed by atoms with Gasteiger partial charge < -0.3 is 4.74 Å². The summed E-state index contributed by atoms with van der Waals surface area (Å²) in [5.74, 6) is 0. The van der Waals surface area contributed by atoms with E-state index >= 15 is 0 Å². The average Bonchev–Trinajstić information content (AvgIpc) is 2.84. The number of hydrogen-bond acceptors (Lipinski definition) is 3. The van der Waals surface area contributed by atoms with Gasteiger partial charge in [-0.1, -0.05) is 48.5 Å². The summed E-state index contributed by atoms with van der Waals surface area (Å²) in [5.41, 5.74) is 4.36. The van der Waals surface area contributed by atoms with Crippen molar-refractivity contribution in [3.05, 3.63) is 59.7 Å². The van der Waals surface area contributed by atoms with Crippen LogP contribution in [0.1, 0.15) is 24.1 Å². The highest BCUT2D eigenvalue weighted by atomic mass is 16.7. The number of rotatable bonds is 3. The van der Waals surface area contributed by atoms with Crippen molar-refractivity contribution >= 4 is 6.09 Å². The van der Waals surface area contributed by atoms with E-state index in [-0.39, 0.29) is 6.04 Å². The summed E-state index contributed by atoms with van der Waals surface area (Å²) in [5, 5.41) is 1.30. The van der Waals surface area contributed by atoms with E-state index in [4.69, 9.17) is 9.57 Å². The smallest absolute Gasteiger partial charge is 0.434 e. The Kier molecular flexibility index (Phi) is 3.62. The largest absolute Gasteiger partial charge is 0.448 e. The Bertz CT molecular complexity index is 623. The molecule has 0 aliphatic heterocycles. The van der Waals surface area contributed by atoms with Gasteiger partial charge in [-0.25, -0.2) is 4.79 Å². The zero-order valence-electron chi connectivity index (χ0n) is 12.1. The zero-order chi connectivity index (χ0) is 14.8. The summed E-state index contributed by atoms with van der Waals surface area (Å²) >= 11 is 0. The first-order valence-corrected chi connectivity index (χ1v) is 6.96. The Labute approximate surface area is 123 Å². The van der Waals surface area contributed by atoms with E-state index in [0.29, 0.717) is 6.61 Å². The van der Waals surface area contributed by atoms with Crippen LogP contribution in [0, 0.1) is 0 Å². The van der Waals surface area contributed by atoms with Crippen LogP contribution in [0.3, 0.4) is 0 Å². The number of carbonyl (C=O) groups excluding carboxylic acids is 1. The number of carbonyl (C=O) groups is 1. The fraction of sp³-hybridized carbons (Fsp3) is 0.235. The second kappa shape index (κ2) is 5.58. The molecule has 0 N–H and O–H groups in total. The van der Waals surface area contributed by atoms with E-state index in [1.165, 1.54) is 12.2 Å². The molecule has 4 nitrogen and oxygen atoms in total. The topological polar surface area (TPSA) is 38.8 Å². The van der Waals surface area contributed by atoms with E-state index in [1.54, 1.807) is 6.92 Å². The van der Waals surface area contributed by atoms with Gasteiger partial charge in [-0.3, -0.25) is 4.84 Å². The average molecular weight is 283 g/mol. The normalized spacial score (nSPS) is 12.7. The molecule has 108 valence electrons. The number of hydrogen-bond donors (Lipinski definition) is 0. The number of benzene rings is 2. The molecule has 0 bridgehead atoms. The SMILES string of the molecule is CCOC(=O)N(OC)C1c2ccccc2-c2ccccc21. The highest BCUT2D eigenvalue weighted by Crippen LogP contribution is 2.46. The number of amides is 1. The van der Waals surface area contributed by atoms with E-state index in [2.05, 4.69) is 12.1 Å². The molecule has 0 radical (unpaired) electrons. The van der Waals surface area contributed by atoms with Crippen LogP contribution in [-0.4, -0.2) is 24.9 Å². The molecule has 4 heteroatoms. The first-order valence-electron chi connectivity index (χ1n) is 6.96. The molecule has 0 heterocycles. The first kappa shape index (κ1) is 13.6. The lowest BCUT2D eigenvalue weighted by Gasteiger charge is -2.26. The third-order valence-electron chi connectivity index (χ3n) is 3.68. The van der Waals surface area contributed by atoms with Gasteiger partial charge in [-0.05, 0) is 29.2 Å². The minimum Gasteiger partial charge on any atom is -0.448 e. The highest BCUT2D eigenvalue weighted by molar-refractivity contribution is 5.80. The predicted molar refractivity (Wildman–Crippen MR) is 79.6 cm³/mol. The molecule has 0 unspecified atom stereocenters. The molecule has 0 atom stereocenters. The van der Waals surface area contributed by atoms with Crippen molar-refractivity contribution in [1.82, 2.24) is 5.06 Å². The van der Waals surface area contributed by atoms with Gasteiger partial charge in [-0.15, -0.1) is 0 Å². The Morgan fingerprint density at radius 3 is 2.05 bits per heavy atom. The molecule has 0 aromatic heterocycles. The number of nitrogens with zero attached hydrogens (tertiary/aromatic N) is 1. The summed E-state index contributed by atoms with van der Waals surface area (Å²) in [4.78, 5) is 17.5. The van der Waals surface area contributed by atoms with Crippen LogP contribution in [0.5, 0.6) is 0 Å². The molecule has 21 heavy (non-hydrogen) atoms. The number of hydroxylamine groups is 2. The van der Waals surface area contributed by atoms with Crippen LogP contribution in [0.4, 0.5) is 4.79 Å². The van der Waals surface area contributed by atoms with Crippen LogP contribution in [0.2, 0.25) is 0 Å². The van der Waals surface area contributed by atoms with Crippen LogP contribution < -0.4 is 0 Å². The Morgan fingerprint density at radius 1 is 1.05 bits per heavy atom. The third kappa shape index (κ3) is 2.17. The van der Waals surface area contributed by atoms with E-state index in [1.807, 2.05) is 36.4 Å². The summed E-state index contributed by atoms with van der Waals surface area (Å²) in [6.45, 7) is 2.09. The lowest BCUT2D eigenvalue weighted by atomic mass is 10.1. The Hall–Kier alpha value is -2.33. The summed E-state index contributed by atoms with van der Waals surface area (Å²) in [6.07, 6.45) is -0.475. The van der Waals surface area contributed by atoms with Gasteiger partial charge in [0.05, 0.1) is 13.7 Å². The van der Waals surface area contributed by atoms with E-state index < -0.39 is 6.09 Å². The Morgan fingerprint density at radius 2 is 1.57 bits per heavy atom. The van der Waals surface area contributed by atoms with Gasteiger partial charge in [0.2, 0.25) is 0 Å². The van der Waals surface area contributed by atoms with Crippen molar-refractivity contribution in [3.63, 3.8) is 0 Å². The van der Waals surface area contributed by atoms with Gasteiger partial charge in [-0.2, -0.15) is 5.06 Å². The van der Waals surface area contributed by atoms with Crippen molar-refractivity contribution < 1.29 is 14.4 Å². The monoisotopic (exact) mass is 283 g/mol. The zero-order valence-corrected chi connectivity index (χ0v) is 12.1. The van der Waals surface area contributed by atoms with Gasteiger partial charge in [0.15, 0.2) is 0 Å². The molecule has 1 amide bonds. The van der Waals surface area contributed by atoms with Gasteiger partial charge in [0.1, 0.15) is 6.04 Å². The van der Waals surface area contributed by atoms with Gasteiger partial charge in [0.25, 0.3) is 0 Å². The Balaban J connectivity index is 2.11. The fourth-order valence-electron chi connectivity index (χ4n) is 2.85. The van der Waals surface area contributed by atoms with Crippen LogP contribution in [0.25, 0.3) is 11.1 Å². The van der Waals surface area contributed by atoms with Crippen molar-refractivity contribution in [3.8, 4) is 11.1 Å². The van der Waals surface area contributed by atoms with Crippen molar-refractivity contribution in [2.75, 3.05) is 13.7 Å². The summed E-state index contributed by atoms with van der Waals surface area (Å²) in [7, 11) is 1.49. The van der Waals surface area contributed by atoms with Crippen LogP contribution >= 0.6 is 0 Å². The maximum absolute atomic E-state index is 12.2.